The van der Waals surface area contributed by atoms with Gasteiger partial charge in [0, 0.05) is 12.8 Å². The molecule has 0 fully saturated rings. The third-order valence-electron chi connectivity index (χ3n) is 2.68. The molecule has 0 amide bonds. The highest BCUT2D eigenvalue weighted by Gasteiger charge is 2.17. The first kappa shape index (κ1) is 19.5. The third-order valence-corrected chi connectivity index (χ3v) is 2.68. The van der Waals surface area contributed by atoms with Gasteiger partial charge in [0.2, 0.25) is 0 Å². The summed E-state index contributed by atoms with van der Waals surface area (Å²) in [5.41, 5.74) is -1.52. The fourth-order valence-electron chi connectivity index (χ4n) is 1.42. The van der Waals surface area contributed by atoms with E-state index in [4.69, 9.17) is 10.2 Å². The van der Waals surface area contributed by atoms with E-state index in [0.717, 1.165) is 0 Å². The number of aliphatic hydroxyl groups is 4. The lowest BCUT2D eigenvalue weighted by Gasteiger charge is -2.19. The Bertz CT molecular complexity index is 386. The maximum atomic E-state index is 9.25. The van der Waals surface area contributed by atoms with Gasteiger partial charge in [-0.05, 0) is 50.3 Å². The van der Waals surface area contributed by atoms with Gasteiger partial charge in [0.15, 0.2) is 0 Å². The van der Waals surface area contributed by atoms with Crippen molar-refractivity contribution in [2.75, 3.05) is 0 Å². The lowest BCUT2D eigenvalue weighted by atomic mass is 9.97. The number of hydrogen-bond donors (Lipinski definition) is 4. The molecule has 0 aliphatic heterocycles. The van der Waals surface area contributed by atoms with Crippen LogP contribution in [-0.4, -0.2) is 31.6 Å². The highest BCUT2D eigenvalue weighted by molar-refractivity contribution is 5.21. The SMILES string of the molecule is CC1(O)C=CC(O)=CC1.CC1(O)C=CC(O)=CC1.CCC. The first-order chi connectivity index (χ1) is 9.62. The molecule has 0 aromatic heterocycles. The summed E-state index contributed by atoms with van der Waals surface area (Å²) >= 11 is 0. The van der Waals surface area contributed by atoms with Crippen LogP contribution in [0.4, 0.5) is 0 Å². The zero-order chi connectivity index (χ0) is 16.5. The van der Waals surface area contributed by atoms with Gasteiger partial charge >= 0.3 is 0 Å². The second-order valence-electron chi connectivity index (χ2n) is 5.75. The number of rotatable bonds is 0. The molecule has 2 aliphatic rings. The van der Waals surface area contributed by atoms with E-state index in [1.165, 1.54) is 18.6 Å². The Morgan fingerprint density at radius 2 is 1.14 bits per heavy atom. The summed E-state index contributed by atoms with van der Waals surface area (Å²) in [5.74, 6) is 0.475. The van der Waals surface area contributed by atoms with E-state index >= 15 is 0 Å². The highest BCUT2D eigenvalue weighted by atomic mass is 16.3. The van der Waals surface area contributed by atoms with Crippen LogP contribution >= 0.6 is 0 Å². The standard InChI is InChI=1S/2C7H10O2.C3H8/c2*1-7(9)4-2-6(8)3-5-7;1-3-2/h2*2-4,8-9H,5H2,1H3;3H2,1-2H3. The van der Waals surface area contributed by atoms with Crippen LogP contribution in [0.2, 0.25) is 0 Å². The Morgan fingerprint density at radius 3 is 1.29 bits per heavy atom. The number of aliphatic hydroxyl groups excluding tert-OH is 2. The summed E-state index contributed by atoms with van der Waals surface area (Å²) < 4.78 is 0. The average molecular weight is 296 g/mol. The van der Waals surface area contributed by atoms with Crippen molar-refractivity contribution in [2.45, 2.75) is 58.2 Å². The van der Waals surface area contributed by atoms with E-state index in [2.05, 4.69) is 13.8 Å². The average Bonchev–Trinajstić information content (AvgIpc) is 2.39. The molecule has 0 radical (unpaired) electrons. The van der Waals surface area contributed by atoms with E-state index in [-0.39, 0.29) is 11.5 Å². The van der Waals surface area contributed by atoms with Crippen LogP contribution in [0.15, 0.2) is 48.0 Å². The van der Waals surface area contributed by atoms with Gasteiger partial charge in [-0.15, -0.1) is 0 Å². The normalized spacial score (nSPS) is 30.2. The molecule has 0 aromatic rings. The minimum atomic E-state index is -0.758. The van der Waals surface area contributed by atoms with Crippen LogP contribution in [0.3, 0.4) is 0 Å². The van der Waals surface area contributed by atoms with Crippen molar-refractivity contribution in [1.29, 1.82) is 0 Å². The Kier molecular flexibility index (Phi) is 8.07. The van der Waals surface area contributed by atoms with Gasteiger partial charge in [-0.25, -0.2) is 0 Å². The van der Waals surface area contributed by atoms with E-state index in [1.54, 1.807) is 38.2 Å². The van der Waals surface area contributed by atoms with Crippen LogP contribution in [-0.2, 0) is 0 Å². The van der Waals surface area contributed by atoms with E-state index in [9.17, 15) is 10.2 Å². The molecule has 2 atom stereocenters. The van der Waals surface area contributed by atoms with Gasteiger partial charge in [0.05, 0.1) is 11.2 Å². The Balaban J connectivity index is 0.000000322. The fraction of sp³-hybridized carbons (Fsp3) is 0.529. The molecule has 4 N–H and O–H groups in total. The van der Waals surface area contributed by atoms with Gasteiger partial charge in [-0.1, -0.05) is 20.3 Å². The molecular formula is C17H28O4. The van der Waals surface area contributed by atoms with Crippen molar-refractivity contribution in [3.63, 3.8) is 0 Å². The van der Waals surface area contributed by atoms with Crippen molar-refractivity contribution in [1.82, 2.24) is 0 Å². The van der Waals surface area contributed by atoms with Crippen LogP contribution in [0.25, 0.3) is 0 Å². The number of allylic oxidation sites excluding steroid dienone is 2. The lowest BCUT2D eigenvalue weighted by Crippen LogP contribution is -2.21. The molecule has 0 aromatic carbocycles. The van der Waals surface area contributed by atoms with Crippen LogP contribution < -0.4 is 0 Å². The fourth-order valence-corrected chi connectivity index (χ4v) is 1.42. The predicted molar refractivity (Wildman–Crippen MR) is 86.2 cm³/mol. The molecule has 0 heterocycles. The van der Waals surface area contributed by atoms with Gasteiger partial charge in [0.25, 0.3) is 0 Å². The molecule has 21 heavy (non-hydrogen) atoms. The quantitative estimate of drug-likeness (QED) is 0.549. The van der Waals surface area contributed by atoms with Gasteiger partial charge in [-0.3, -0.25) is 0 Å². The number of hydrogen-bond acceptors (Lipinski definition) is 4. The second-order valence-corrected chi connectivity index (χ2v) is 5.75. The molecule has 2 aliphatic carbocycles. The Hall–Kier alpha value is -1.52. The molecule has 2 rings (SSSR count). The molecule has 0 bridgehead atoms. The molecule has 0 saturated heterocycles. The Morgan fingerprint density at radius 1 is 0.857 bits per heavy atom. The first-order valence-electron chi connectivity index (χ1n) is 7.23. The maximum Gasteiger partial charge on any atom is 0.111 e. The molecule has 4 nitrogen and oxygen atoms in total. The monoisotopic (exact) mass is 296 g/mol. The molecule has 2 unspecified atom stereocenters. The zero-order valence-electron chi connectivity index (χ0n) is 13.4. The minimum Gasteiger partial charge on any atom is -0.508 e. The second kappa shape index (κ2) is 8.70. The van der Waals surface area contributed by atoms with Crippen molar-refractivity contribution in [3.8, 4) is 0 Å². The van der Waals surface area contributed by atoms with Crippen LogP contribution in [0.1, 0.15) is 47.0 Å². The van der Waals surface area contributed by atoms with Crippen molar-refractivity contribution in [3.05, 3.63) is 48.0 Å². The van der Waals surface area contributed by atoms with Crippen molar-refractivity contribution >= 4 is 0 Å². The summed E-state index contributed by atoms with van der Waals surface area (Å²) in [6.07, 6.45) is 11.6. The third kappa shape index (κ3) is 9.93. The van der Waals surface area contributed by atoms with E-state index in [0.29, 0.717) is 12.8 Å². The molecule has 120 valence electrons. The predicted octanol–water partition coefficient (Wildman–Crippen LogP) is 3.69. The summed E-state index contributed by atoms with van der Waals surface area (Å²) in [4.78, 5) is 0. The summed E-state index contributed by atoms with van der Waals surface area (Å²) in [7, 11) is 0. The molecule has 0 spiro atoms. The van der Waals surface area contributed by atoms with Gasteiger partial charge in [0.1, 0.15) is 11.5 Å². The van der Waals surface area contributed by atoms with Gasteiger partial charge < -0.3 is 20.4 Å². The lowest BCUT2D eigenvalue weighted by molar-refractivity contribution is 0.111. The van der Waals surface area contributed by atoms with Crippen molar-refractivity contribution in [2.24, 2.45) is 0 Å². The topological polar surface area (TPSA) is 80.9 Å². The molecular weight excluding hydrogens is 268 g/mol. The first-order valence-corrected chi connectivity index (χ1v) is 7.23. The smallest absolute Gasteiger partial charge is 0.111 e. The maximum absolute atomic E-state index is 9.25. The van der Waals surface area contributed by atoms with Gasteiger partial charge in [-0.2, -0.15) is 0 Å². The molecule has 4 heteroatoms. The van der Waals surface area contributed by atoms with E-state index in [1.807, 2.05) is 0 Å². The highest BCUT2D eigenvalue weighted by Crippen LogP contribution is 2.18. The Labute approximate surface area is 127 Å². The summed E-state index contributed by atoms with van der Waals surface area (Å²) in [6, 6.07) is 0. The largest absolute Gasteiger partial charge is 0.508 e. The summed E-state index contributed by atoms with van der Waals surface area (Å²) in [6.45, 7) is 7.65. The van der Waals surface area contributed by atoms with E-state index < -0.39 is 11.2 Å². The minimum absolute atomic E-state index is 0.238. The van der Waals surface area contributed by atoms with Crippen LogP contribution in [0.5, 0.6) is 0 Å². The molecule has 0 saturated carbocycles. The summed E-state index contributed by atoms with van der Waals surface area (Å²) in [5, 5.41) is 36.1. The zero-order valence-corrected chi connectivity index (χ0v) is 13.4. The van der Waals surface area contributed by atoms with Crippen molar-refractivity contribution < 1.29 is 20.4 Å². The van der Waals surface area contributed by atoms with Crippen LogP contribution in [0, 0.1) is 0 Å².